The molecular weight excluding hydrogens is 272 g/mol. The average Bonchev–Trinajstić information content (AvgIpc) is 2.54. The van der Waals surface area contributed by atoms with Gasteiger partial charge in [-0.25, -0.2) is 9.59 Å². The second kappa shape index (κ2) is 6.56. The molecule has 0 radical (unpaired) electrons. The summed E-state index contributed by atoms with van der Waals surface area (Å²) < 4.78 is 15.0. The highest BCUT2D eigenvalue weighted by molar-refractivity contribution is 6.02. The van der Waals surface area contributed by atoms with Crippen LogP contribution in [-0.4, -0.2) is 26.2 Å². The fourth-order valence-corrected chi connectivity index (χ4v) is 1.74. The predicted octanol–water partition coefficient (Wildman–Crippen LogP) is 2.70. The number of rotatable bonds is 4. The summed E-state index contributed by atoms with van der Waals surface area (Å²) in [6, 6.07) is 12.8. The molecule has 21 heavy (non-hydrogen) atoms. The molecular formula is C16H14O5. The van der Waals surface area contributed by atoms with Crippen LogP contribution in [0.4, 0.5) is 0 Å². The topological polar surface area (TPSA) is 61.8 Å². The number of benzene rings is 2. The summed E-state index contributed by atoms with van der Waals surface area (Å²) in [6.45, 7) is 0. The van der Waals surface area contributed by atoms with Gasteiger partial charge in [0.15, 0.2) is 11.5 Å². The molecule has 2 aromatic rings. The summed E-state index contributed by atoms with van der Waals surface area (Å²) in [5.74, 6) is -0.567. The zero-order valence-corrected chi connectivity index (χ0v) is 11.7. The summed E-state index contributed by atoms with van der Waals surface area (Å²) >= 11 is 0. The summed E-state index contributed by atoms with van der Waals surface area (Å²) in [7, 11) is 2.96. The van der Waals surface area contributed by atoms with Crippen molar-refractivity contribution in [3.05, 3.63) is 59.7 Å². The van der Waals surface area contributed by atoms with Crippen molar-refractivity contribution in [3.8, 4) is 11.5 Å². The van der Waals surface area contributed by atoms with E-state index in [1.54, 1.807) is 36.4 Å². The van der Waals surface area contributed by atoms with Crippen LogP contribution in [0.3, 0.4) is 0 Å². The van der Waals surface area contributed by atoms with Gasteiger partial charge in [-0.05, 0) is 30.3 Å². The molecule has 0 heterocycles. The maximum atomic E-state index is 12.0. The third-order valence-electron chi connectivity index (χ3n) is 2.81. The molecule has 0 aliphatic carbocycles. The van der Waals surface area contributed by atoms with Gasteiger partial charge >= 0.3 is 11.9 Å². The van der Waals surface area contributed by atoms with E-state index in [0.29, 0.717) is 17.1 Å². The van der Waals surface area contributed by atoms with E-state index in [4.69, 9.17) is 14.2 Å². The molecule has 0 aliphatic heterocycles. The van der Waals surface area contributed by atoms with Crippen LogP contribution in [0.1, 0.15) is 20.7 Å². The minimum atomic E-state index is -0.746. The minimum Gasteiger partial charge on any atom is -0.493 e. The Balaban J connectivity index is 2.15. The number of carbonyl (C=O) groups excluding carboxylic acids is 2. The van der Waals surface area contributed by atoms with Crippen molar-refractivity contribution >= 4 is 11.9 Å². The lowest BCUT2D eigenvalue weighted by molar-refractivity contribution is 0.0397. The standard InChI is InChI=1S/C16H14O5/c1-19-13-9-8-12(10-14(13)20-2)16(18)21-15(17)11-6-4-3-5-7-11/h3-10H,1-2H3. The van der Waals surface area contributed by atoms with Gasteiger partial charge in [-0.2, -0.15) is 0 Å². The van der Waals surface area contributed by atoms with Crippen LogP contribution >= 0.6 is 0 Å². The van der Waals surface area contributed by atoms with Crippen LogP contribution in [0, 0.1) is 0 Å². The molecule has 2 aromatic carbocycles. The third-order valence-corrected chi connectivity index (χ3v) is 2.81. The van der Waals surface area contributed by atoms with Gasteiger partial charge in [0, 0.05) is 0 Å². The summed E-state index contributed by atoms with van der Waals surface area (Å²) in [5.41, 5.74) is 0.517. The highest BCUT2D eigenvalue weighted by Gasteiger charge is 2.16. The van der Waals surface area contributed by atoms with Crippen LogP contribution in [0.25, 0.3) is 0 Å². The Hall–Kier alpha value is -2.82. The number of carbonyl (C=O) groups is 2. The maximum absolute atomic E-state index is 12.0. The van der Waals surface area contributed by atoms with E-state index in [1.807, 2.05) is 0 Å². The highest BCUT2D eigenvalue weighted by atomic mass is 16.6. The third kappa shape index (κ3) is 3.39. The van der Waals surface area contributed by atoms with Gasteiger partial charge < -0.3 is 14.2 Å². The first-order valence-corrected chi connectivity index (χ1v) is 6.19. The molecule has 0 aromatic heterocycles. The molecule has 0 spiro atoms. The van der Waals surface area contributed by atoms with Crippen LogP contribution in [-0.2, 0) is 4.74 Å². The summed E-state index contributed by atoms with van der Waals surface area (Å²) in [5, 5.41) is 0. The Bertz CT molecular complexity index is 649. The summed E-state index contributed by atoms with van der Waals surface area (Å²) in [4.78, 5) is 23.8. The second-order valence-corrected chi connectivity index (χ2v) is 4.11. The number of hydrogen-bond donors (Lipinski definition) is 0. The first kappa shape index (κ1) is 14.6. The van der Waals surface area contributed by atoms with Gasteiger partial charge in [-0.15, -0.1) is 0 Å². The Kier molecular flexibility index (Phi) is 4.56. The van der Waals surface area contributed by atoms with E-state index in [2.05, 4.69) is 0 Å². The molecule has 0 unspecified atom stereocenters. The smallest absolute Gasteiger partial charge is 0.346 e. The molecule has 0 atom stereocenters. The molecule has 0 N–H and O–H groups in total. The quantitative estimate of drug-likeness (QED) is 0.639. The Morgan fingerprint density at radius 2 is 1.38 bits per heavy atom. The van der Waals surface area contributed by atoms with Gasteiger partial charge in [-0.1, -0.05) is 18.2 Å². The highest BCUT2D eigenvalue weighted by Crippen LogP contribution is 2.27. The minimum absolute atomic E-state index is 0.205. The zero-order chi connectivity index (χ0) is 15.2. The van der Waals surface area contributed by atoms with E-state index in [9.17, 15) is 9.59 Å². The average molecular weight is 286 g/mol. The maximum Gasteiger partial charge on any atom is 0.346 e. The van der Waals surface area contributed by atoms with Crippen molar-refractivity contribution in [2.24, 2.45) is 0 Å². The molecule has 0 saturated carbocycles. The molecule has 0 amide bonds. The van der Waals surface area contributed by atoms with Gasteiger partial charge in [-0.3, -0.25) is 0 Å². The first-order valence-electron chi connectivity index (χ1n) is 6.19. The lowest BCUT2D eigenvalue weighted by atomic mass is 10.2. The zero-order valence-electron chi connectivity index (χ0n) is 11.7. The van der Waals surface area contributed by atoms with Gasteiger partial charge in [0.25, 0.3) is 0 Å². The normalized spacial score (nSPS) is 9.81. The molecule has 0 aliphatic rings. The first-order chi connectivity index (χ1) is 10.2. The largest absolute Gasteiger partial charge is 0.493 e. The van der Waals surface area contributed by atoms with E-state index < -0.39 is 11.9 Å². The Labute approximate surface area is 122 Å². The lowest BCUT2D eigenvalue weighted by Crippen LogP contribution is -2.12. The molecule has 5 heteroatoms. The summed E-state index contributed by atoms with van der Waals surface area (Å²) in [6.07, 6.45) is 0. The van der Waals surface area contributed by atoms with Crippen LogP contribution < -0.4 is 9.47 Å². The molecule has 108 valence electrons. The van der Waals surface area contributed by atoms with Gasteiger partial charge in [0.05, 0.1) is 25.3 Å². The van der Waals surface area contributed by atoms with E-state index in [1.165, 1.54) is 26.4 Å². The fraction of sp³-hybridized carbons (Fsp3) is 0.125. The SMILES string of the molecule is COc1ccc(C(=O)OC(=O)c2ccccc2)cc1OC. The van der Waals surface area contributed by atoms with Crippen molar-refractivity contribution in [2.75, 3.05) is 14.2 Å². The predicted molar refractivity (Wildman–Crippen MR) is 75.7 cm³/mol. The lowest BCUT2D eigenvalue weighted by Gasteiger charge is -2.09. The fourth-order valence-electron chi connectivity index (χ4n) is 1.74. The molecule has 0 fully saturated rings. The van der Waals surface area contributed by atoms with E-state index in [-0.39, 0.29) is 5.56 Å². The van der Waals surface area contributed by atoms with Gasteiger partial charge in [0.2, 0.25) is 0 Å². The number of methoxy groups -OCH3 is 2. The molecule has 0 bridgehead atoms. The molecule has 5 nitrogen and oxygen atoms in total. The van der Waals surface area contributed by atoms with Crippen molar-refractivity contribution in [1.82, 2.24) is 0 Å². The van der Waals surface area contributed by atoms with E-state index in [0.717, 1.165) is 0 Å². The monoisotopic (exact) mass is 286 g/mol. The van der Waals surface area contributed by atoms with E-state index >= 15 is 0 Å². The number of esters is 2. The van der Waals surface area contributed by atoms with Crippen LogP contribution in [0.2, 0.25) is 0 Å². The van der Waals surface area contributed by atoms with Crippen molar-refractivity contribution in [3.63, 3.8) is 0 Å². The van der Waals surface area contributed by atoms with Crippen LogP contribution in [0.5, 0.6) is 11.5 Å². The molecule has 0 saturated heterocycles. The Morgan fingerprint density at radius 1 is 0.762 bits per heavy atom. The number of hydrogen-bond acceptors (Lipinski definition) is 5. The Morgan fingerprint density at radius 3 is 2.00 bits per heavy atom. The van der Waals surface area contributed by atoms with Crippen molar-refractivity contribution < 1.29 is 23.8 Å². The second-order valence-electron chi connectivity index (χ2n) is 4.11. The van der Waals surface area contributed by atoms with Crippen LogP contribution in [0.15, 0.2) is 48.5 Å². The number of ether oxygens (including phenoxy) is 3. The van der Waals surface area contributed by atoms with Crippen molar-refractivity contribution in [1.29, 1.82) is 0 Å². The van der Waals surface area contributed by atoms with Gasteiger partial charge in [0.1, 0.15) is 0 Å². The van der Waals surface area contributed by atoms with Crippen molar-refractivity contribution in [2.45, 2.75) is 0 Å². The molecule has 2 rings (SSSR count).